The van der Waals surface area contributed by atoms with Gasteiger partial charge in [-0.15, -0.1) is 11.8 Å². The van der Waals surface area contributed by atoms with Crippen molar-refractivity contribution >= 4 is 23.6 Å². The molecular weight excluding hydrogens is 292 g/mol. The summed E-state index contributed by atoms with van der Waals surface area (Å²) in [5.41, 5.74) is 6.04. The van der Waals surface area contributed by atoms with Crippen LogP contribution in [0.1, 0.15) is 17.9 Å². The van der Waals surface area contributed by atoms with E-state index in [2.05, 4.69) is 0 Å². The Balaban J connectivity index is 2.42. The third kappa shape index (κ3) is 3.07. The molecule has 1 aliphatic rings. The minimum absolute atomic E-state index is 0.103. The van der Waals surface area contributed by atoms with Crippen LogP contribution < -0.4 is 15.2 Å². The Morgan fingerprint density at radius 3 is 2.67 bits per heavy atom. The molecule has 2 amide bonds. The van der Waals surface area contributed by atoms with Crippen LogP contribution in [-0.2, 0) is 9.59 Å². The number of carbonyl (C=O) groups is 2. The molecule has 0 bridgehead atoms. The van der Waals surface area contributed by atoms with Crippen molar-refractivity contribution in [2.24, 2.45) is 5.73 Å². The highest BCUT2D eigenvalue weighted by atomic mass is 32.2. The van der Waals surface area contributed by atoms with Crippen LogP contribution in [0.5, 0.6) is 11.5 Å². The van der Waals surface area contributed by atoms with Crippen LogP contribution in [0.3, 0.4) is 0 Å². The van der Waals surface area contributed by atoms with Crippen molar-refractivity contribution in [3.05, 3.63) is 23.8 Å². The molecule has 1 aromatic carbocycles. The minimum atomic E-state index is -0.537. The van der Waals surface area contributed by atoms with Crippen molar-refractivity contribution in [2.45, 2.75) is 17.5 Å². The van der Waals surface area contributed by atoms with E-state index in [4.69, 9.17) is 15.2 Å². The third-order valence-electron chi connectivity index (χ3n) is 3.28. The number of hydrogen-bond donors (Lipinski definition) is 1. The molecule has 1 aliphatic heterocycles. The molecule has 21 heavy (non-hydrogen) atoms. The molecule has 0 spiro atoms. The first-order valence-corrected chi connectivity index (χ1v) is 7.38. The van der Waals surface area contributed by atoms with E-state index in [1.54, 1.807) is 26.4 Å². The van der Waals surface area contributed by atoms with Gasteiger partial charge in [0.15, 0.2) is 0 Å². The van der Waals surface area contributed by atoms with E-state index >= 15 is 0 Å². The molecular formula is C14H18N2O4S. The van der Waals surface area contributed by atoms with Crippen LogP contribution in [0.4, 0.5) is 0 Å². The topological polar surface area (TPSA) is 81.9 Å². The number of rotatable bonds is 5. The van der Waals surface area contributed by atoms with E-state index in [0.29, 0.717) is 11.5 Å². The van der Waals surface area contributed by atoms with E-state index in [1.165, 1.54) is 16.7 Å². The van der Waals surface area contributed by atoms with Crippen molar-refractivity contribution in [3.63, 3.8) is 0 Å². The van der Waals surface area contributed by atoms with Crippen molar-refractivity contribution in [1.82, 2.24) is 4.90 Å². The molecule has 1 saturated heterocycles. The van der Waals surface area contributed by atoms with Crippen molar-refractivity contribution in [3.8, 4) is 11.5 Å². The van der Waals surface area contributed by atoms with Crippen LogP contribution >= 0.6 is 11.8 Å². The van der Waals surface area contributed by atoms with Gasteiger partial charge in [0, 0.05) is 5.56 Å². The first-order chi connectivity index (χ1) is 9.97. The van der Waals surface area contributed by atoms with Gasteiger partial charge in [0.1, 0.15) is 23.4 Å². The fourth-order valence-electron chi connectivity index (χ4n) is 2.28. The summed E-state index contributed by atoms with van der Waals surface area (Å²) in [7, 11) is 3.14. The lowest BCUT2D eigenvalue weighted by molar-refractivity contribution is -0.134. The van der Waals surface area contributed by atoms with Crippen molar-refractivity contribution in [1.29, 1.82) is 0 Å². The van der Waals surface area contributed by atoms with Gasteiger partial charge in [-0.05, 0) is 25.1 Å². The average Bonchev–Trinajstić information content (AvgIpc) is 2.74. The zero-order valence-corrected chi connectivity index (χ0v) is 13.0. The SMILES string of the molecule is COc1ccc(OC)c([C@H]2S[C@@H](C)C(=O)N2CC(N)=O)c1. The Morgan fingerprint density at radius 2 is 2.10 bits per heavy atom. The van der Waals surface area contributed by atoms with E-state index in [-0.39, 0.29) is 23.1 Å². The van der Waals surface area contributed by atoms with E-state index < -0.39 is 5.91 Å². The smallest absolute Gasteiger partial charge is 0.237 e. The van der Waals surface area contributed by atoms with Gasteiger partial charge in [0.25, 0.3) is 0 Å². The van der Waals surface area contributed by atoms with Gasteiger partial charge in [-0.1, -0.05) is 0 Å². The van der Waals surface area contributed by atoms with E-state index in [1.807, 2.05) is 13.0 Å². The predicted octanol–water partition coefficient (Wildman–Crippen LogP) is 1.15. The quantitative estimate of drug-likeness (QED) is 0.882. The number of hydrogen-bond acceptors (Lipinski definition) is 5. The van der Waals surface area contributed by atoms with Crippen molar-refractivity contribution in [2.75, 3.05) is 20.8 Å². The number of nitrogens with zero attached hydrogens (tertiary/aromatic N) is 1. The Hall–Kier alpha value is -1.89. The predicted molar refractivity (Wildman–Crippen MR) is 80.2 cm³/mol. The zero-order chi connectivity index (χ0) is 15.6. The summed E-state index contributed by atoms with van der Waals surface area (Å²) in [4.78, 5) is 24.9. The minimum Gasteiger partial charge on any atom is -0.497 e. The zero-order valence-electron chi connectivity index (χ0n) is 12.2. The molecule has 0 radical (unpaired) electrons. The van der Waals surface area contributed by atoms with Gasteiger partial charge < -0.3 is 20.1 Å². The van der Waals surface area contributed by atoms with Crippen LogP contribution in [-0.4, -0.2) is 42.7 Å². The number of amides is 2. The molecule has 0 unspecified atom stereocenters. The Kier molecular flexibility index (Phi) is 4.62. The Labute approximate surface area is 127 Å². The number of ether oxygens (including phenoxy) is 2. The normalized spacial score (nSPS) is 21.5. The molecule has 2 atom stereocenters. The second-order valence-corrected chi connectivity index (χ2v) is 6.10. The highest BCUT2D eigenvalue weighted by Crippen LogP contribution is 2.46. The summed E-state index contributed by atoms with van der Waals surface area (Å²) in [6.45, 7) is 1.70. The largest absolute Gasteiger partial charge is 0.497 e. The Morgan fingerprint density at radius 1 is 1.38 bits per heavy atom. The molecule has 0 aliphatic carbocycles. The van der Waals surface area contributed by atoms with Crippen LogP contribution in [0.15, 0.2) is 18.2 Å². The fourth-order valence-corrected chi connectivity index (χ4v) is 3.57. The number of benzene rings is 1. The number of carbonyl (C=O) groups excluding carboxylic acids is 2. The summed E-state index contributed by atoms with van der Waals surface area (Å²) in [6.07, 6.45) is 0. The number of primary amides is 1. The molecule has 114 valence electrons. The molecule has 0 aromatic heterocycles. The maximum absolute atomic E-state index is 12.2. The van der Waals surface area contributed by atoms with Gasteiger partial charge >= 0.3 is 0 Å². The van der Waals surface area contributed by atoms with E-state index in [9.17, 15) is 9.59 Å². The molecule has 1 aromatic rings. The summed E-state index contributed by atoms with van der Waals surface area (Å²) >= 11 is 1.46. The van der Waals surface area contributed by atoms with Gasteiger partial charge in [-0.2, -0.15) is 0 Å². The van der Waals surface area contributed by atoms with Crippen molar-refractivity contribution < 1.29 is 19.1 Å². The second kappa shape index (κ2) is 6.26. The lowest BCUT2D eigenvalue weighted by Crippen LogP contribution is -2.37. The van der Waals surface area contributed by atoms with Gasteiger partial charge in [-0.3, -0.25) is 9.59 Å². The monoisotopic (exact) mass is 310 g/mol. The number of nitrogens with two attached hydrogens (primary N) is 1. The lowest BCUT2D eigenvalue weighted by atomic mass is 10.1. The molecule has 6 nitrogen and oxygen atoms in total. The van der Waals surface area contributed by atoms with E-state index in [0.717, 1.165) is 5.56 Å². The first-order valence-electron chi connectivity index (χ1n) is 6.44. The molecule has 1 fully saturated rings. The summed E-state index contributed by atoms with van der Waals surface area (Å²) in [6, 6.07) is 5.38. The third-order valence-corrected chi connectivity index (χ3v) is 4.65. The molecule has 0 saturated carbocycles. The molecule has 7 heteroatoms. The fraction of sp³-hybridized carbons (Fsp3) is 0.429. The second-order valence-electron chi connectivity index (χ2n) is 4.67. The highest BCUT2D eigenvalue weighted by Gasteiger charge is 2.40. The van der Waals surface area contributed by atoms with Gasteiger partial charge in [0.05, 0.1) is 19.5 Å². The summed E-state index contributed by atoms with van der Waals surface area (Å²) < 4.78 is 10.6. The maximum Gasteiger partial charge on any atom is 0.237 e. The standard InChI is InChI=1S/C14H18N2O4S/c1-8-13(18)16(7-12(15)17)14(21-8)10-6-9(19-2)4-5-11(10)20-3/h4-6,8,14H,7H2,1-3H3,(H2,15,17)/t8-,14+/m0/s1. The Bertz CT molecular complexity index is 564. The van der Waals surface area contributed by atoms with Crippen LogP contribution in [0, 0.1) is 0 Å². The highest BCUT2D eigenvalue weighted by molar-refractivity contribution is 8.01. The van der Waals surface area contributed by atoms with Gasteiger partial charge in [-0.25, -0.2) is 0 Å². The van der Waals surface area contributed by atoms with Gasteiger partial charge in [0.2, 0.25) is 11.8 Å². The molecule has 2 N–H and O–H groups in total. The molecule has 1 heterocycles. The first kappa shape index (κ1) is 15.5. The lowest BCUT2D eigenvalue weighted by Gasteiger charge is -2.24. The van der Waals surface area contributed by atoms with Crippen LogP contribution in [0.25, 0.3) is 0 Å². The summed E-state index contributed by atoms with van der Waals surface area (Å²) in [5, 5.41) is -0.546. The summed E-state index contributed by atoms with van der Waals surface area (Å²) in [5.74, 6) is 0.667. The molecule has 2 rings (SSSR count). The average molecular weight is 310 g/mol. The number of thioether (sulfide) groups is 1. The maximum atomic E-state index is 12.2. The van der Waals surface area contributed by atoms with Crippen LogP contribution in [0.2, 0.25) is 0 Å². The number of methoxy groups -OCH3 is 2.